The molecule has 0 radical (unpaired) electrons. The van der Waals surface area contributed by atoms with E-state index in [1.165, 1.54) is 11.1 Å². The first-order valence-corrected chi connectivity index (χ1v) is 10.4. The molecule has 1 fully saturated rings. The summed E-state index contributed by atoms with van der Waals surface area (Å²) in [5, 5.41) is 14.3. The predicted octanol–water partition coefficient (Wildman–Crippen LogP) is 4.05. The molecule has 1 aromatic rings. The van der Waals surface area contributed by atoms with Gasteiger partial charge >= 0.3 is 0 Å². The number of β-amino-alcohol motifs (C(OH)–C–C–N with tert-alkyl or cyclic N) is 1. The number of nitrogens with zero attached hydrogens (tertiary/aromatic N) is 1. The summed E-state index contributed by atoms with van der Waals surface area (Å²) in [5.41, 5.74) is 3.54. The number of aliphatic hydroxyl groups is 1. The maximum absolute atomic E-state index is 10.9. The van der Waals surface area contributed by atoms with E-state index in [0.29, 0.717) is 25.0 Å². The highest BCUT2D eigenvalue weighted by Crippen LogP contribution is 2.39. The molecule has 0 amide bonds. The molecule has 1 aromatic carbocycles. The Morgan fingerprint density at radius 3 is 2.04 bits per heavy atom. The van der Waals surface area contributed by atoms with Crippen LogP contribution >= 0.6 is 0 Å². The molecular weight excluding hydrogens is 324 g/mol. The van der Waals surface area contributed by atoms with E-state index in [2.05, 4.69) is 50.0 Å². The Kier molecular flexibility index (Phi) is 8.39. The smallest absolute Gasteiger partial charge is 0.126 e. The van der Waals surface area contributed by atoms with Crippen LogP contribution in [0.15, 0.2) is 12.1 Å². The van der Waals surface area contributed by atoms with Crippen molar-refractivity contribution in [3.8, 4) is 5.75 Å². The summed E-state index contributed by atoms with van der Waals surface area (Å²) in [6.45, 7) is 16.4. The summed E-state index contributed by atoms with van der Waals surface area (Å²) < 4.78 is 6.10. The van der Waals surface area contributed by atoms with E-state index in [9.17, 15) is 5.11 Å². The molecule has 0 saturated carbocycles. The normalized spacial score (nSPS) is 19.2. The van der Waals surface area contributed by atoms with Crippen molar-refractivity contribution >= 4 is 0 Å². The largest absolute Gasteiger partial charge is 0.493 e. The fourth-order valence-electron chi connectivity index (χ4n) is 3.62. The van der Waals surface area contributed by atoms with Gasteiger partial charge in [0.1, 0.15) is 5.75 Å². The fourth-order valence-corrected chi connectivity index (χ4v) is 3.62. The molecule has 1 aliphatic heterocycles. The topological polar surface area (TPSA) is 44.7 Å². The summed E-state index contributed by atoms with van der Waals surface area (Å²) in [7, 11) is 0. The summed E-state index contributed by atoms with van der Waals surface area (Å²) in [5.74, 6) is 1.89. The molecule has 2 rings (SSSR count). The van der Waals surface area contributed by atoms with Gasteiger partial charge in [0.05, 0.1) is 12.7 Å². The molecule has 1 aliphatic rings. The quantitative estimate of drug-likeness (QED) is 0.696. The third-order valence-corrected chi connectivity index (χ3v) is 5.77. The first kappa shape index (κ1) is 21.2. The Hall–Kier alpha value is -1.10. The number of nitrogens with one attached hydrogen (secondary N) is 1. The van der Waals surface area contributed by atoms with E-state index in [-0.39, 0.29) is 0 Å². The van der Waals surface area contributed by atoms with Crippen LogP contribution in [0.2, 0.25) is 0 Å². The van der Waals surface area contributed by atoms with Crippen molar-refractivity contribution in [2.24, 2.45) is 0 Å². The molecule has 1 saturated heterocycles. The van der Waals surface area contributed by atoms with Gasteiger partial charge in [0.25, 0.3) is 0 Å². The fraction of sp³-hybridized carbons (Fsp3) is 0.727. The van der Waals surface area contributed by atoms with Crippen molar-refractivity contribution in [3.63, 3.8) is 0 Å². The lowest BCUT2D eigenvalue weighted by Crippen LogP contribution is -2.45. The molecule has 0 bridgehead atoms. The molecule has 0 aliphatic carbocycles. The number of aliphatic hydroxyl groups excluding tert-OH is 1. The Morgan fingerprint density at radius 2 is 1.58 bits per heavy atom. The molecular formula is C22H38N2O2. The van der Waals surface area contributed by atoms with Crippen LogP contribution in [0.5, 0.6) is 5.75 Å². The zero-order valence-corrected chi connectivity index (χ0v) is 17.3. The molecule has 4 heteroatoms. The highest BCUT2D eigenvalue weighted by molar-refractivity contribution is 5.48. The van der Waals surface area contributed by atoms with E-state index < -0.39 is 6.10 Å². The highest BCUT2D eigenvalue weighted by atomic mass is 16.5. The number of ether oxygens (including phenoxy) is 1. The van der Waals surface area contributed by atoms with Crippen LogP contribution in [0.3, 0.4) is 0 Å². The van der Waals surface area contributed by atoms with E-state index in [1.54, 1.807) is 0 Å². The lowest BCUT2D eigenvalue weighted by molar-refractivity contribution is 0.105. The van der Waals surface area contributed by atoms with Gasteiger partial charge in [-0.15, -0.1) is 0 Å². The molecule has 3 unspecified atom stereocenters. The predicted molar refractivity (Wildman–Crippen MR) is 109 cm³/mol. The van der Waals surface area contributed by atoms with E-state index >= 15 is 0 Å². The molecule has 0 aromatic heterocycles. The van der Waals surface area contributed by atoms with E-state index in [4.69, 9.17) is 4.74 Å². The van der Waals surface area contributed by atoms with Crippen molar-refractivity contribution in [2.45, 2.75) is 65.4 Å². The summed E-state index contributed by atoms with van der Waals surface area (Å²) >= 11 is 0. The molecule has 0 spiro atoms. The molecule has 2 N–H and O–H groups in total. The Labute approximate surface area is 159 Å². The monoisotopic (exact) mass is 362 g/mol. The SMILES string of the molecule is CCOc1c(C(C)CC)cc(C(O)CN2CCNCC2)cc1C(C)CC. The van der Waals surface area contributed by atoms with Crippen molar-refractivity contribution in [1.82, 2.24) is 10.2 Å². The van der Waals surface area contributed by atoms with Gasteiger partial charge in [-0.1, -0.05) is 27.7 Å². The maximum Gasteiger partial charge on any atom is 0.126 e. The Morgan fingerprint density at radius 1 is 1.04 bits per heavy atom. The summed E-state index contributed by atoms with van der Waals surface area (Å²) in [4.78, 5) is 2.35. The number of hydrogen-bond donors (Lipinski definition) is 2. The first-order valence-electron chi connectivity index (χ1n) is 10.4. The second kappa shape index (κ2) is 10.3. The van der Waals surface area contributed by atoms with Crippen LogP contribution in [0.25, 0.3) is 0 Å². The number of rotatable bonds is 9. The van der Waals surface area contributed by atoms with Crippen LogP contribution in [0.4, 0.5) is 0 Å². The lowest BCUT2D eigenvalue weighted by atomic mass is 9.87. The zero-order valence-electron chi connectivity index (χ0n) is 17.3. The van der Waals surface area contributed by atoms with Crippen molar-refractivity contribution in [2.75, 3.05) is 39.3 Å². The number of benzene rings is 1. The van der Waals surface area contributed by atoms with Crippen LogP contribution in [0, 0.1) is 0 Å². The third-order valence-electron chi connectivity index (χ3n) is 5.77. The van der Waals surface area contributed by atoms with Crippen LogP contribution in [-0.4, -0.2) is 49.3 Å². The van der Waals surface area contributed by atoms with E-state index in [1.807, 2.05) is 6.92 Å². The van der Waals surface area contributed by atoms with Gasteiger partial charge in [-0.2, -0.15) is 0 Å². The average Bonchev–Trinajstić information content (AvgIpc) is 2.67. The van der Waals surface area contributed by atoms with Gasteiger partial charge in [0.15, 0.2) is 0 Å². The van der Waals surface area contributed by atoms with Crippen LogP contribution < -0.4 is 10.1 Å². The van der Waals surface area contributed by atoms with Crippen LogP contribution in [0.1, 0.15) is 82.1 Å². The second-order valence-corrected chi connectivity index (χ2v) is 7.65. The van der Waals surface area contributed by atoms with Crippen molar-refractivity contribution in [1.29, 1.82) is 0 Å². The molecule has 1 heterocycles. The van der Waals surface area contributed by atoms with Crippen molar-refractivity contribution in [3.05, 3.63) is 28.8 Å². The summed E-state index contributed by atoms with van der Waals surface area (Å²) in [6, 6.07) is 4.38. The lowest BCUT2D eigenvalue weighted by Gasteiger charge is -2.30. The van der Waals surface area contributed by atoms with Gasteiger partial charge in [-0.05, 0) is 60.4 Å². The zero-order chi connectivity index (χ0) is 19.1. The Bertz CT molecular complexity index is 524. The minimum atomic E-state index is -0.450. The maximum atomic E-state index is 10.9. The average molecular weight is 363 g/mol. The van der Waals surface area contributed by atoms with E-state index in [0.717, 1.165) is 50.3 Å². The second-order valence-electron chi connectivity index (χ2n) is 7.65. The third kappa shape index (κ3) is 5.21. The Balaban J connectivity index is 2.37. The van der Waals surface area contributed by atoms with Gasteiger partial charge in [0.2, 0.25) is 0 Å². The number of piperazine rings is 1. The standard InChI is InChI=1S/C22H38N2O2/c1-6-16(4)19-13-18(21(25)15-24-11-9-23-10-12-24)14-20(17(5)7-2)22(19)26-8-3/h13-14,16-17,21,23,25H,6-12,15H2,1-5H3. The molecule has 148 valence electrons. The number of hydrogen-bond acceptors (Lipinski definition) is 4. The van der Waals surface area contributed by atoms with Gasteiger partial charge < -0.3 is 15.2 Å². The van der Waals surface area contributed by atoms with Gasteiger partial charge in [-0.25, -0.2) is 0 Å². The summed E-state index contributed by atoms with van der Waals surface area (Å²) in [6.07, 6.45) is 1.68. The minimum absolute atomic E-state index is 0.422. The first-order chi connectivity index (χ1) is 12.5. The van der Waals surface area contributed by atoms with Crippen LogP contribution in [-0.2, 0) is 0 Å². The molecule has 4 nitrogen and oxygen atoms in total. The highest BCUT2D eigenvalue weighted by Gasteiger charge is 2.23. The molecule has 3 atom stereocenters. The molecule has 26 heavy (non-hydrogen) atoms. The van der Waals surface area contributed by atoms with Crippen molar-refractivity contribution < 1.29 is 9.84 Å². The minimum Gasteiger partial charge on any atom is -0.493 e. The van der Waals surface area contributed by atoms with Gasteiger partial charge in [-0.3, -0.25) is 4.90 Å². The van der Waals surface area contributed by atoms with Gasteiger partial charge in [0, 0.05) is 32.7 Å².